The van der Waals surface area contributed by atoms with Gasteiger partial charge in [-0.25, -0.2) is 14.8 Å². The number of hydrogen-bond donors (Lipinski definition) is 1. The molecule has 2 rings (SSSR count). The first kappa shape index (κ1) is 11.2. The number of nitrogens with zero attached hydrogens (tertiary/aromatic N) is 3. The van der Waals surface area contributed by atoms with E-state index < -0.39 is 5.97 Å². The number of hydrogen-bond acceptors (Lipinski definition) is 4. The van der Waals surface area contributed by atoms with Gasteiger partial charge in [-0.05, 0) is 31.0 Å². The zero-order valence-electron chi connectivity index (χ0n) is 9.51. The maximum absolute atomic E-state index is 10.8. The average molecular weight is 229 g/mol. The summed E-state index contributed by atoms with van der Waals surface area (Å²) in [6.07, 6.45) is 3.13. The van der Waals surface area contributed by atoms with Gasteiger partial charge in [-0.2, -0.15) is 0 Å². The van der Waals surface area contributed by atoms with E-state index in [9.17, 15) is 4.79 Å². The molecule has 17 heavy (non-hydrogen) atoms. The quantitative estimate of drug-likeness (QED) is 0.850. The molecule has 0 amide bonds. The van der Waals surface area contributed by atoms with Gasteiger partial charge in [0.25, 0.3) is 0 Å². The van der Waals surface area contributed by atoms with E-state index in [0.29, 0.717) is 11.5 Å². The first-order chi connectivity index (χ1) is 8.08. The Labute approximate surface area is 98.2 Å². The summed E-state index contributed by atoms with van der Waals surface area (Å²) in [5, 5.41) is 8.86. The molecule has 0 saturated carbocycles. The van der Waals surface area contributed by atoms with Gasteiger partial charge in [-0.3, -0.25) is 4.98 Å². The van der Waals surface area contributed by atoms with Crippen LogP contribution in [0, 0.1) is 13.8 Å². The standard InChI is InChI=1S/C12H11N3O2/c1-7-5-8(2)10(14-6-7)11-13-4-3-9(15-11)12(16)17/h3-6H,1-2H3,(H,16,17). The number of carboxylic acid groups (broad SMARTS) is 1. The molecule has 86 valence electrons. The third-order valence-corrected chi connectivity index (χ3v) is 2.30. The molecule has 0 radical (unpaired) electrons. The predicted octanol–water partition coefficient (Wildman–Crippen LogP) is 1.85. The van der Waals surface area contributed by atoms with E-state index in [4.69, 9.17) is 5.11 Å². The molecule has 2 aromatic rings. The Kier molecular flexibility index (Phi) is 2.82. The summed E-state index contributed by atoms with van der Waals surface area (Å²) < 4.78 is 0. The zero-order valence-corrected chi connectivity index (χ0v) is 9.51. The minimum absolute atomic E-state index is 0.0308. The number of rotatable bonds is 2. The van der Waals surface area contributed by atoms with Crippen molar-refractivity contribution in [2.24, 2.45) is 0 Å². The van der Waals surface area contributed by atoms with Crippen molar-refractivity contribution in [2.75, 3.05) is 0 Å². The molecule has 0 aliphatic rings. The van der Waals surface area contributed by atoms with Crippen molar-refractivity contribution in [1.29, 1.82) is 0 Å². The van der Waals surface area contributed by atoms with Crippen molar-refractivity contribution in [1.82, 2.24) is 15.0 Å². The number of pyridine rings is 1. The fourth-order valence-electron chi connectivity index (χ4n) is 1.54. The van der Waals surface area contributed by atoms with E-state index in [2.05, 4.69) is 15.0 Å². The van der Waals surface area contributed by atoms with Gasteiger partial charge in [-0.1, -0.05) is 6.07 Å². The number of aryl methyl sites for hydroxylation is 2. The van der Waals surface area contributed by atoms with Crippen molar-refractivity contribution in [3.63, 3.8) is 0 Å². The topological polar surface area (TPSA) is 76.0 Å². The fraction of sp³-hybridized carbons (Fsp3) is 0.167. The highest BCUT2D eigenvalue weighted by Gasteiger charge is 2.10. The Bertz CT molecular complexity index is 582. The summed E-state index contributed by atoms with van der Waals surface area (Å²) in [5.41, 5.74) is 2.55. The van der Waals surface area contributed by atoms with Crippen LogP contribution in [0.2, 0.25) is 0 Å². The Hall–Kier alpha value is -2.30. The fourth-order valence-corrected chi connectivity index (χ4v) is 1.54. The highest BCUT2D eigenvalue weighted by molar-refractivity contribution is 5.85. The smallest absolute Gasteiger partial charge is 0.354 e. The molecule has 2 heterocycles. The zero-order chi connectivity index (χ0) is 12.4. The van der Waals surface area contributed by atoms with Gasteiger partial charge >= 0.3 is 5.97 Å². The van der Waals surface area contributed by atoms with Crippen LogP contribution in [0.5, 0.6) is 0 Å². The second-order valence-corrected chi connectivity index (χ2v) is 3.75. The molecule has 0 atom stereocenters. The van der Waals surface area contributed by atoms with Crippen LogP contribution >= 0.6 is 0 Å². The summed E-state index contributed by atoms with van der Waals surface area (Å²) in [6, 6.07) is 3.31. The second kappa shape index (κ2) is 4.29. The van der Waals surface area contributed by atoms with Crippen LogP contribution in [0.15, 0.2) is 24.5 Å². The van der Waals surface area contributed by atoms with E-state index in [1.807, 2.05) is 19.9 Å². The van der Waals surface area contributed by atoms with Gasteiger partial charge in [-0.15, -0.1) is 0 Å². The molecular weight excluding hydrogens is 218 g/mol. The molecule has 0 unspecified atom stereocenters. The van der Waals surface area contributed by atoms with Crippen LogP contribution in [0.4, 0.5) is 0 Å². The lowest BCUT2D eigenvalue weighted by Crippen LogP contribution is -2.03. The van der Waals surface area contributed by atoms with Crippen LogP contribution in [0.1, 0.15) is 21.6 Å². The maximum Gasteiger partial charge on any atom is 0.354 e. The van der Waals surface area contributed by atoms with E-state index in [0.717, 1.165) is 11.1 Å². The van der Waals surface area contributed by atoms with Gasteiger partial charge in [0.05, 0.1) is 0 Å². The van der Waals surface area contributed by atoms with Gasteiger partial charge in [0.15, 0.2) is 11.5 Å². The van der Waals surface area contributed by atoms with Crippen LogP contribution < -0.4 is 0 Å². The molecule has 0 bridgehead atoms. The SMILES string of the molecule is Cc1cnc(-c2nccc(C(=O)O)n2)c(C)c1. The molecule has 5 nitrogen and oxygen atoms in total. The summed E-state index contributed by atoms with van der Waals surface area (Å²) in [6.45, 7) is 3.84. The molecule has 0 aliphatic carbocycles. The molecular formula is C12H11N3O2. The average Bonchev–Trinajstić information content (AvgIpc) is 2.29. The molecule has 0 spiro atoms. The Morgan fingerprint density at radius 1 is 1.29 bits per heavy atom. The minimum atomic E-state index is -1.07. The van der Waals surface area contributed by atoms with Crippen LogP contribution in [-0.2, 0) is 0 Å². The maximum atomic E-state index is 10.8. The van der Waals surface area contributed by atoms with Crippen LogP contribution in [0.3, 0.4) is 0 Å². The lowest BCUT2D eigenvalue weighted by molar-refractivity contribution is 0.0690. The Balaban J connectivity index is 2.53. The third-order valence-electron chi connectivity index (χ3n) is 2.30. The summed E-state index contributed by atoms with van der Waals surface area (Å²) in [4.78, 5) is 23.0. The summed E-state index contributed by atoms with van der Waals surface area (Å²) in [7, 11) is 0. The lowest BCUT2D eigenvalue weighted by Gasteiger charge is -2.04. The van der Waals surface area contributed by atoms with Crippen molar-refractivity contribution in [3.05, 3.63) is 41.3 Å². The molecule has 2 aromatic heterocycles. The van der Waals surface area contributed by atoms with Crippen molar-refractivity contribution >= 4 is 5.97 Å². The van der Waals surface area contributed by atoms with Crippen molar-refractivity contribution in [3.8, 4) is 11.5 Å². The Morgan fingerprint density at radius 2 is 2.06 bits per heavy atom. The predicted molar refractivity (Wildman–Crippen MR) is 61.7 cm³/mol. The lowest BCUT2D eigenvalue weighted by atomic mass is 10.1. The number of aromatic carboxylic acids is 1. The van der Waals surface area contributed by atoms with E-state index in [1.54, 1.807) is 6.20 Å². The Morgan fingerprint density at radius 3 is 2.71 bits per heavy atom. The number of carboxylic acids is 1. The van der Waals surface area contributed by atoms with Gasteiger partial charge in [0.1, 0.15) is 5.69 Å². The normalized spacial score (nSPS) is 10.2. The van der Waals surface area contributed by atoms with E-state index in [1.165, 1.54) is 12.3 Å². The molecule has 1 N–H and O–H groups in total. The van der Waals surface area contributed by atoms with Gasteiger partial charge in [0, 0.05) is 12.4 Å². The summed E-state index contributed by atoms with van der Waals surface area (Å²) in [5.74, 6) is -0.735. The molecule has 0 aromatic carbocycles. The monoisotopic (exact) mass is 229 g/mol. The van der Waals surface area contributed by atoms with E-state index >= 15 is 0 Å². The van der Waals surface area contributed by atoms with Gasteiger partial charge < -0.3 is 5.11 Å². The van der Waals surface area contributed by atoms with Crippen molar-refractivity contribution < 1.29 is 9.90 Å². The molecule has 0 aliphatic heterocycles. The van der Waals surface area contributed by atoms with E-state index in [-0.39, 0.29) is 5.69 Å². The molecule has 0 saturated heterocycles. The van der Waals surface area contributed by atoms with Gasteiger partial charge in [0.2, 0.25) is 0 Å². The number of carbonyl (C=O) groups is 1. The van der Waals surface area contributed by atoms with Crippen LogP contribution in [0.25, 0.3) is 11.5 Å². The molecule has 0 fully saturated rings. The van der Waals surface area contributed by atoms with Crippen LogP contribution in [-0.4, -0.2) is 26.0 Å². The largest absolute Gasteiger partial charge is 0.477 e. The minimum Gasteiger partial charge on any atom is -0.477 e. The highest BCUT2D eigenvalue weighted by Crippen LogP contribution is 2.17. The summed E-state index contributed by atoms with van der Waals surface area (Å²) >= 11 is 0. The first-order valence-corrected chi connectivity index (χ1v) is 5.08. The first-order valence-electron chi connectivity index (χ1n) is 5.08. The van der Waals surface area contributed by atoms with Crippen molar-refractivity contribution in [2.45, 2.75) is 13.8 Å². The highest BCUT2D eigenvalue weighted by atomic mass is 16.4. The number of aromatic nitrogens is 3. The second-order valence-electron chi connectivity index (χ2n) is 3.75. The molecule has 5 heteroatoms. The third kappa shape index (κ3) is 2.28.